The molecule has 36 heavy (non-hydrogen) atoms. The Hall–Kier alpha value is -3.52. The summed E-state index contributed by atoms with van der Waals surface area (Å²) in [6.07, 6.45) is 5.91. The molecule has 3 aliphatic rings. The Morgan fingerprint density at radius 1 is 0.972 bits per heavy atom. The maximum atomic E-state index is 13.5. The number of likely N-dealkylation sites (tertiary alicyclic amines) is 1. The molecule has 3 aliphatic heterocycles. The Balaban J connectivity index is 1.26. The fourth-order valence-corrected chi connectivity index (χ4v) is 5.43. The number of hydrogen-bond acceptors (Lipinski definition) is 5. The molecule has 2 saturated heterocycles. The van der Waals surface area contributed by atoms with Gasteiger partial charge in [-0.05, 0) is 36.1 Å². The average Bonchev–Trinajstić information content (AvgIpc) is 3.63. The van der Waals surface area contributed by atoms with Crippen molar-refractivity contribution in [1.29, 1.82) is 0 Å². The fraction of sp³-hybridized carbons (Fsp3) is 0.429. The first-order valence-corrected chi connectivity index (χ1v) is 12.8. The molecule has 4 heterocycles. The lowest BCUT2D eigenvalue weighted by Crippen LogP contribution is -2.52. The Kier molecular flexibility index (Phi) is 6.27. The first-order chi connectivity index (χ1) is 17.7. The number of urea groups is 1. The van der Waals surface area contributed by atoms with Crippen molar-refractivity contribution < 1.29 is 19.0 Å². The van der Waals surface area contributed by atoms with Crippen LogP contribution in [0, 0.1) is 0 Å². The monoisotopic (exact) mass is 488 g/mol. The number of carbonyl (C=O) groups is 1. The summed E-state index contributed by atoms with van der Waals surface area (Å²) in [7, 11) is 0. The highest BCUT2D eigenvalue weighted by Crippen LogP contribution is 2.37. The number of imidazole rings is 1. The van der Waals surface area contributed by atoms with E-state index in [-0.39, 0.29) is 24.7 Å². The first-order valence-electron chi connectivity index (χ1n) is 12.8. The van der Waals surface area contributed by atoms with Crippen LogP contribution < -0.4 is 9.47 Å². The molecule has 0 bridgehead atoms. The normalized spacial score (nSPS) is 21.6. The van der Waals surface area contributed by atoms with Gasteiger partial charge in [-0.3, -0.25) is 0 Å². The standard InChI is InChI=1S/C28H32N4O4/c1-2-20-3-5-21(6-4-20)22-13-23(16-31(15-22)28(33)30-9-11-34-12-10-30)25-17-32(18-29-25)24-7-8-26-27(14-24)36-19-35-26/h3-8,14,17-18,22-23H,2,9-13,15-16,19H2,1H3. The third-order valence-electron chi connectivity index (χ3n) is 7.54. The quantitative estimate of drug-likeness (QED) is 0.551. The lowest BCUT2D eigenvalue weighted by atomic mass is 9.83. The van der Waals surface area contributed by atoms with Crippen LogP contribution >= 0.6 is 0 Å². The fourth-order valence-electron chi connectivity index (χ4n) is 5.43. The summed E-state index contributed by atoms with van der Waals surface area (Å²) in [5.41, 5.74) is 4.59. The van der Waals surface area contributed by atoms with Crippen molar-refractivity contribution in [2.75, 3.05) is 46.2 Å². The topological polar surface area (TPSA) is 69.1 Å². The molecule has 2 aromatic carbocycles. The zero-order chi connectivity index (χ0) is 24.5. The van der Waals surface area contributed by atoms with Crippen molar-refractivity contribution in [3.05, 3.63) is 71.8 Å². The third-order valence-corrected chi connectivity index (χ3v) is 7.54. The summed E-state index contributed by atoms with van der Waals surface area (Å²) in [5, 5.41) is 0. The summed E-state index contributed by atoms with van der Waals surface area (Å²) >= 11 is 0. The summed E-state index contributed by atoms with van der Waals surface area (Å²) in [6.45, 7) is 6.31. The lowest BCUT2D eigenvalue weighted by Gasteiger charge is -2.40. The number of aryl methyl sites for hydroxylation is 1. The van der Waals surface area contributed by atoms with Gasteiger partial charge in [0.1, 0.15) is 0 Å². The number of carbonyl (C=O) groups excluding carboxylic acids is 1. The molecule has 8 heteroatoms. The molecule has 6 rings (SSSR count). The number of piperidine rings is 1. The molecule has 8 nitrogen and oxygen atoms in total. The number of benzene rings is 2. The Bertz CT molecular complexity index is 1220. The molecular weight excluding hydrogens is 456 g/mol. The summed E-state index contributed by atoms with van der Waals surface area (Å²) < 4.78 is 18.5. The van der Waals surface area contributed by atoms with E-state index in [9.17, 15) is 4.79 Å². The molecule has 3 aromatic rings. The lowest BCUT2D eigenvalue weighted by molar-refractivity contribution is 0.0398. The van der Waals surface area contributed by atoms with Gasteiger partial charge >= 0.3 is 6.03 Å². The Labute approximate surface area is 211 Å². The molecule has 188 valence electrons. The van der Waals surface area contributed by atoms with Gasteiger partial charge in [0.05, 0.1) is 30.9 Å². The van der Waals surface area contributed by atoms with Crippen LogP contribution in [0.2, 0.25) is 0 Å². The van der Waals surface area contributed by atoms with Crippen molar-refractivity contribution in [1.82, 2.24) is 19.4 Å². The predicted molar refractivity (Wildman–Crippen MR) is 135 cm³/mol. The van der Waals surface area contributed by atoms with E-state index < -0.39 is 0 Å². The molecule has 1 aromatic heterocycles. The Morgan fingerprint density at radius 3 is 2.56 bits per heavy atom. The van der Waals surface area contributed by atoms with Gasteiger partial charge in [0, 0.05) is 50.3 Å². The summed E-state index contributed by atoms with van der Waals surface area (Å²) in [6, 6.07) is 14.9. The van der Waals surface area contributed by atoms with Gasteiger partial charge in [-0.15, -0.1) is 0 Å². The van der Waals surface area contributed by atoms with Gasteiger partial charge < -0.3 is 28.6 Å². The minimum atomic E-state index is 0.105. The third kappa shape index (κ3) is 4.53. The molecule has 0 N–H and O–H groups in total. The van der Waals surface area contributed by atoms with Crippen LogP contribution in [-0.2, 0) is 11.2 Å². The van der Waals surface area contributed by atoms with E-state index in [1.54, 1.807) is 0 Å². The number of rotatable bonds is 4. The van der Waals surface area contributed by atoms with Crippen molar-refractivity contribution in [2.45, 2.75) is 31.6 Å². The van der Waals surface area contributed by atoms with Gasteiger partial charge in [0.15, 0.2) is 11.5 Å². The van der Waals surface area contributed by atoms with Crippen LogP contribution in [0.3, 0.4) is 0 Å². The van der Waals surface area contributed by atoms with Crippen molar-refractivity contribution in [3.8, 4) is 17.2 Å². The molecule has 0 radical (unpaired) electrons. The molecule has 2 fully saturated rings. The molecule has 2 atom stereocenters. The number of aromatic nitrogens is 2. The molecule has 0 saturated carbocycles. The van der Waals surface area contributed by atoms with Gasteiger partial charge in [-0.25, -0.2) is 9.78 Å². The van der Waals surface area contributed by atoms with E-state index in [2.05, 4.69) is 37.4 Å². The number of ether oxygens (including phenoxy) is 3. The second kappa shape index (κ2) is 9.85. The largest absolute Gasteiger partial charge is 0.454 e. The van der Waals surface area contributed by atoms with Crippen LogP contribution in [0.5, 0.6) is 11.5 Å². The minimum Gasteiger partial charge on any atom is -0.454 e. The second-order valence-corrected chi connectivity index (χ2v) is 9.76. The van der Waals surface area contributed by atoms with E-state index in [1.807, 2.05) is 38.9 Å². The highest BCUT2D eigenvalue weighted by Gasteiger charge is 2.35. The summed E-state index contributed by atoms with van der Waals surface area (Å²) in [4.78, 5) is 22.2. The second-order valence-electron chi connectivity index (χ2n) is 9.76. The number of hydrogen-bond donors (Lipinski definition) is 0. The van der Waals surface area contributed by atoms with Gasteiger partial charge in [-0.1, -0.05) is 31.2 Å². The number of amides is 2. The maximum absolute atomic E-state index is 13.5. The number of morpholine rings is 1. The van der Waals surface area contributed by atoms with Crippen molar-refractivity contribution in [2.24, 2.45) is 0 Å². The van der Waals surface area contributed by atoms with Crippen LogP contribution in [0.4, 0.5) is 4.79 Å². The van der Waals surface area contributed by atoms with Gasteiger partial charge in [0.2, 0.25) is 6.79 Å². The van der Waals surface area contributed by atoms with E-state index in [0.717, 1.165) is 42.3 Å². The number of fused-ring (bicyclic) bond motifs is 1. The average molecular weight is 489 g/mol. The van der Waals surface area contributed by atoms with Crippen LogP contribution in [0.15, 0.2) is 55.0 Å². The first kappa shape index (κ1) is 22.9. The van der Waals surface area contributed by atoms with Crippen LogP contribution in [-0.4, -0.2) is 71.6 Å². The van der Waals surface area contributed by atoms with Gasteiger partial charge in [-0.2, -0.15) is 0 Å². The minimum absolute atomic E-state index is 0.105. The molecule has 0 spiro atoms. The maximum Gasteiger partial charge on any atom is 0.320 e. The smallest absolute Gasteiger partial charge is 0.320 e. The number of nitrogens with zero attached hydrogens (tertiary/aromatic N) is 4. The van der Waals surface area contributed by atoms with E-state index in [1.165, 1.54) is 11.1 Å². The van der Waals surface area contributed by atoms with Gasteiger partial charge in [0.25, 0.3) is 0 Å². The zero-order valence-electron chi connectivity index (χ0n) is 20.6. The van der Waals surface area contributed by atoms with E-state index >= 15 is 0 Å². The molecule has 2 amide bonds. The molecule has 0 aliphatic carbocycles. The van der Waals surface area contributed by atoms with Crippen molar-refractivity contribution >= 4 is 6.03 Å². The van der Waals surface area contributed by atoms with E-state index in [4.69, 9.17) is 19.2 Å². The summed E-state index contributed by atoms with van der Waals surface area (Å²) in [5.74, 6) is 1.92. The Morgan fingerprint density at radius 2 is 1.75 bits per heavy atom. The SMILES string of the molecule is CCc1ccc(C2CC(c3cn(-c4ccc5c(c4)OCO5)cn3)CN(C(=O)N3CCOCC3)C2)cc1. The highest BCUT2D eigenvalue weighted by molar-refractivity contribution is 5.75. The molecule has 2 unspecified atom stereocenters. The molecular formula is C28H32N4O4. The highest BCUT2D eigenvalue weighted by atomic mass is 16.7. The van der Waals surface area contributed by atoms with E-state index in [0.29, 0.717) is 32.8 Å². The zero-order valence-corrected chi connectivity index (χ0v) is 20.6. The predicted octanol–water partition coefficient (Wildman–Crippen LogP) is 4.19. The van der Waals surface area contributed by atoms with Crippen molar-refractivity contribution in [3.63, 3.8) is 0 Å². The van der Waals surface area contributed by atoms with Crippen LogP contribution in [0.1, 0.15) is 42.0 Å². The van der Waals surface area contributed by atoms with Crippen LogP contribution in [0.25, 0.3) is 5.69 Å².